The smallest absolute Gasteiger partial charge is 0.222 e. The van der Waals surface area contributed by atoms with Crippen LogP contribution in [0.15, 0.2) is 30.5 Å². The third-order valence-corrected chi connectivity index (χ3v) is 7.03. The molecule has 8 heteroatoms. The molecule has 2 aromatic heterocycles. The first-order chi connectivity index (χ1) is 16.5. The molecule has 5 rings (SSSR count). The Morgan fingerprint density at radius 3 is 2.62 bits per heavy atom. The third kappa shape index (κ3) is 4.78. The fourth-order valence-electron chi connectivity index (χ4n) is 5.17. The molecule has 180 valence electrons. The summed E-state index contributed by atoms with van der Waals surface area (Å²) in [6.07, 6.45) is 6.02. The monoisotopic (exact) mass is 464 g/mol. The number of fused-ring (bicyclic) bond motifs is 1. The van der Waals surface area contributed by atoms with Crippen molar-refractivity contribution >= 4 is 28.3 Å². The number of nitrogens with one attached hydrogen (secondary N) is 1. The van der Waals surface area contributed by atoms with E-state index in [-0.39, 0.29) is 5.91 Å². The van der Waals surface area contributed by atoms with Gasteiger partial charge in [-0.25, -0.2) is 9.37 Å². The summed E-state index contributed by atoms with van der Waals surface area (Å²) in [5.74, 6) is 1.17. The predicted molar refractivity (Wildman–Crippen MR) is 134 cm³/mol. The van der Waals surface area contributed by atoms with Crippen molar-refractivity contribution in [2.75, 3.05) is 36.4 Å². The summed E-state index contributed by atoms with van der Waals surface area (Å²) in [6, 6.07) is 8.31. The number of pyridine rings is 1. The van der Waals surface area contributed by atoms with Crippen LogP contribution < -0.4 is 10.2 Å². The number of amides is 1. The number of alkyl halides is 1. The van der Waals surface area contributed by atoms with E-state index < -0.39 is 6.17 Å². The number of nitrogens with zero attached hydrogens (tertiary/aromatic N) is 5. The van der Waals surface area contributed by atoms with Gasteiger partial charge in [-0.2, -0.15) is 5.10 Å². The molecule has 0 saturated carbocycles. The van der Waals surface area contributed by atoms with Crippen LogP contribution in [0.4, 0.5) is 16.0 Å². The summed E-state index contributed by atoms with van der Waals surface area (Å²) in [5.41, 5.74) is 3.44. The van der Waals surface area contributed by atoms with Crippen LogP contribution in [0.5, 0.6) is 0 Å². The molecule has 1 amide bonds. The number of carbonyl (C=O) groups excluding carboxylic acids is 1. The lowest BCUT2D eigenvalue weighted by Crippen LogP contribution is -2.35. The molecule has 0 atom stereocenters. The second-order valence-electron chi connectivity index (χ2n) is 9.58. The normalized spacial score (nSPS) is 17.9. The molecule has 2 aliphatic rings. The Balaban J connectivity index is 1.53. The first-order valence-electron chi connectivity index (χ1n) is 12.3. The zero-order chi connectivity index (χ0) is 23.7. The van der Waals surface area contributed by atoms with Crippen molar-refractivity contribution in [1.82, 2.24) is 19.7 Å². The van der Waals surface area contributed by atoms with Gasteiger partial charge in [-0.05, 0) is 61.9 Å². The van der Waals surface area contributed by atoms with Gasteiger partial charge in [0, 0.05) is 44.6 Å². The first-order valence-corrected chi connectivity index (χ1v) is 12.3. The minimum Gasteiger partial charge on any atom is -0.356 e. The third-order valence-electron chi connectivity index (χ3n) is 7.03. The molecule has 34 heavy (non-hydrogen) atoms. The van der Waals surface area contributed by atoms with E-state index in [1.54, 1.807) is 0 Å². The number of likely N-dealkylation sites (tertiary alicyclic amines) is 1. The lowest BCUT2D eigenvalue weighted by atomic mass is 10.0. The molecular formula is C26H33FN6O. The van der Waals surface area contributed by atoms with E-state index >= 15 is 0 Å². The van der Waals surface area contributed by atoms with Gasteiger partial charge in [-0.15, -0.1) is 0 Å². The zero-order valence-electron chi connectivity index (χ0n) is 20.1. The van der Waals surface area contributed by atoms with Crippen molar-refractivity contribution < 1.29 is 9.18 Å². The van der Waals surface area contributed by atoms with Crippen LogP contribution in [0.1, 0.15) is 44.7 Å². The largest absolute Gasteiger partial charge is 0.356 e. The molecule has 2 fully saturated rings. The van der Waals surface area contributed by atoms with Crippen LogP contribution in [0.25, 0.3) is 21.9 Å². The maximum atomic E-state index is 13.8. The number of halogens is 1. The van der Waals surface area contributed by atoms with Crippen LogP contribution in [-0.2, 0) is 18.4 Å². The quantitative estimate of drug-likeness (QED) is 0.602. The van der Waals surface area contributed by atoms with Crippen molar-refractivity contribution in [2.45, 2.75) is 51.7 Å². The van der Waals surface area contributed by atoms with Gasteiger partial charge in [-0.1, -0.05) is 18.6 Å². The predicted octanol–water partition coefficient (Wildman–Crippen LogP) is 4.52. The second-order valence-corrected chi connectivity index (χ2v) is 9.58. The van der Waals surface area contributed by atoms with Gasteiger partial charge in [-0.3, -0.25) is 14.4 Å². The highest BCUT2D eigenvalue weighted by Gasteiger charge is 2.23. The minimum atomic E-state index is -0.753. The lowest BCUT2D eigenvalue weighted by molar-refractivity contribution is -0.114. The minimum absolute atomic E-state index is 0.160. The molecule has 0 spiro atoms. The molecule has 0 bridgehead atoms. The van der Waals surface area contributed by atoms with Crippen molar-refractivity contribution in [2.24, 2.45) is 7.05 Å². The fraction of sp³-hybridized carbons (Fsp3) is 0.500. The SMILES string of the molecule is CC(=O)Nc1cc2cc(-c3cnn(C)c3CN3CCCCC3)ccc2c(N2CCC(F)CC2)n1. The number of hydrogen-bond donors (Lipinski definition) is 1. The van der Waals surface area contributed by atoms with Crippen LogP contribution >= 0.6 is 0 Å². The number of carbonyl (C=O) groups is 1. The molecule has 4 heterocycles. The summed E-state index contributed by atoms with van der Waals surface area (Å²) in [4.78, 5) is 21.2. The van der Waals surface area contributed by atoms with E-state index in [9.17, 15) is 9.18 Å². The van der Waals surface area contributed by atoms with Gasteiger partial charge in [0.2, 0.25) is 5.91 Å². The highest BCUT2D eigenvalue weighted by molar-refractivity contribution is 5.99. The van der Waals surface area contributed by atoms with Gasteiger partial charge < -0.3 is 10.2 Å². The van der Waals surface area contributed by atoms with Crippen molar-refractivity contribution in [3.8, 4) is 11.1 Å². The highest BCUT2D eigenvalue weighted by atomic mass is 19.1. The molecule has 7 nitrogen and oxygen atoms in total. The van der Waals surface area contributed by atoms with E-state index in [4.69, 9.17) is 4.98 Å². The number of aromatic nitrogens is 3. The summed E-state index contributed by atoms with van der Waals surface area (Å²) in [6.45, 7) is 5.88. The number of rotatable bonds is 5. The van der Waals surface area contributed by atoms with E-state index in [0.717, 1.165) is 47.4 Å². The number of piperidine rings is 2. The number of benzene rings is 1. The number of aryl methyl sites for hydroxylation is 1. The molecule has 3 aromatic rings. The Hall–Kier alpha value is -3.00. The van der Waals surface area contributed by atoms with Crippen LogP contribution in [0, 0.1) is 0 Å². The lowest BCUT2D eigenvalue weighted by Gasteiger charge is -2.31. The number of hydrogen-bond acceptors (Lipinski definition) is 5. The van der Waals surface area contributed by atoms with Gasteiger partial charge in [0.1, 0.15) is 17.8 Å². The summed E-state index contributed by atoms with van der Waals surface area (Å²) < 4.78 is 15.8. The topological polar surface area (TPSA) is 66.3 Å². The molecule has 0 radical (unpaired) electrons. The Labute approximate surface area is 199 Å². The summed E-state index contributed by atoms with van der Waals surface area (Å²) >= 11 is 0. The average molecular weight is 465 g/mol. The van der Waals surface area contributed by atoms with E-state index in [1.807, 2.05) is 24.0 Å². The van der Waals surface area contributed by atoms with Gasteiger partial charge in [0.05, 0.1) is 11.9 Å². The summed E-state index contributed by atoms with van der Waals surface area (Å²) in [7, 11) is 2.01. The van der Waals surface area contributed by atoms with Gasteiger partial charge in [0.15, 0.2) is 0 Å². The zero-order valence-corrected chi connectivity index (χ0v) is 20.1. The highest BCUT2D eigenvalue weighted by Crippen LogP contribution is 2.34. The first kappa shape index (κ1) is 22.8. The Morgan fingerprint density at radius 1 is 1.12 bits per heavy atom. The molecule has 0 aliphatic carbocycles. The Bertz CT molecular complexity index is 1180. The number of anilines is 2. The van der Waals surface area contributed by atoms with E-state index in [1.165, 1.54) is 31.9 Å². The summed E-state index contributed by atoms with van der Waals surface area (Å²) in [5, 5.41) is 9.42. The van der Waals surface area contributed by atoms with Crippen molar-refractivity contribution in [1.29, 1.82) is 0 Å². The molecule has 2 saturated heterocycles. The van der Waals surface area contributed by atoms with Crippen molar-refractivity contribution in [3.05, 3.63) is 36.2 Å². The maximum Gasteiger partial charge on any atom is 0.222 e. The van der Waals surface area contributed by atoms with E-state index in [2.05, 4.69) is 38.4 Å². The van der Waals surface area contributed by atoms with Gasteiger partial charge in [0.25, 0.3) is 0 Å². The molecule has 1 N–H and O–H groups in total. The standard InChI is InChI=1S/C26H33FN6O/c1-18(34)29-25-15-20-14-19(6-7-22(20)26(30-25)33-12-8-21(27)9-13-33)23-16-28-31(2)24(23)17-32-10-4-3-5-11-32/h6-7,14-16,21H,3-5,8-13,17H2,1-2H3,(H,29,30,34). The van der Waals surface area contributed by atoms with Crippen molar-refractivity contribution in [3.63, 3.8) is 0 Å². The second kappa shape index (κ2) is 9.70. The fourth-order valence-corrected chi connectivity index (χ4v) is 5.17. The Morgan fingerprint density at radius 2 is 1.88 bits per heavy atom. The Kier molecular flexibility index (Phi) is 6.50. The van der Waals surface area contributed by atoms with Crippen LogP contribution in [0.2, 0.25) is 0 Å². The maximum absolute atomic E-state index is 13.8. The van der Waals surface area contributed by atoms with E-state index in [0.29, 0.717) is 31.7 Å². The average Bonchev–Trinajstić information content (AvgIpc) is 3.19. The molecular weight excluding hydrogens is 431 g/mol. The van der Waals surface area contributed by atoms with Crippen LogP contribution in [0.3, 0.4) is 0 Å². The molecule has 2 aliphatic heterocycles. The molecule has 0 unspecified atom stereocenters. The molecule has 1 aromatic carbocycles. The van der Waals surface area contributed by atoms with Gasteiger partial charge >= 0.3 is 0 Å². The van der Waals surface area contributed by atoms with Crippen LogP contribution in [-0.4, -0.2) is 57.9 Å².